The molecule has 0 amide bonds. The third kappa shape index (κ3) is 2.45. The fraction of sp³-hybridized carbons (Fsp3) is 1.00. The molecule has 4 heteroatoms. The maximum atomic E-state index is 9.74. The standard InChI is InChI=1S/C10H23NO3/c1-4-7(12)10(11,8(13)5-2)9(14)6-3/h7-9,12-14H,4-6,11H2,1-3H3. The van der Waals surface area contributed by atoms with E-state index in [1.807, 2.05) is 0 Å². The molecule has 0 radical (unpaired) electrons. The van der Waals surface area contributed by atoms with Gasteiger partial charge in [-0.15, -0.1) is 0 Å². The molecule has 0 rings (SSSR count). The first-order chi connectivity index (χ1) is 6.44. The molecule has 0 heterocycles. The van der Waals surface area contributed by atoms with E-state index >= 15 is 0 Å². The monoisotopic (exact) mass is 205 g/mol. The zero-order valence-corrected chi connectivity index (χ0v) is 9.27. The van der Waals surface area contributed by atoms with E-state index in [1.54, 1.807) is 20.8 Å². The molecule has 0 spiro atoms. The SMILES string of the molecule is CCC(O)C(N)(C(O)CC)C(O)CC. The van der Waals surface area contributed by atoms with E-state index in [2.05, 4.69) is 0 Å². The van der Waals surface area contributed by atoms with Crippen LogP contribution in [0.5, 0.6) is 0 Å². The number of aliphatic hydroxyl groups excluding tert-OH is 3. The van der Waals surface area contributed by atoms with Crippen molar-refractivity contribution < 1.29 is 15.3 Å². The van der Waals surface area contributed by atoms with Crippen LogP contribution in [0.2, 0.25) is 0 Å². The van der Waals surface area contributed by atoms with Crippen molar-refractivity contribution >= 4 is 0 Å². The van der Waals surface area contributed by atoms with Gasteiger partial charge in [0.2, 0.25) is 0 Å². The van der Waals surface area contributed by atoms with Crippen LogP contribution in [-0.2, 0) is 0 Å². The zero-order chi connectivity index (χ0) is 11.4. The quantitative estimate of drug-likeness (QED) is 0.491. The van der Waals surface area contributed by atoms with Gasteiger partial charge in [-0.3, -0.25) is 0 Å². The van der Waals surface area contributed by atoms with E-state index in [1.165, 1.54) is 0 Å². The summed E-state index contributed by atoms with van der Waals surface area (Å²) in [6.45, 7) is 5.32. The van der Waals surface area contributed by atoms with E-state index in [0.29, 0.717) is 19.3 Å². The van der Waals surface area contributed by atoms with E-state index in [9.17, 15) is 15.3 Å². The van der Waals surface area contributed by atoms with Gasteiger partial charge < -0.3 is 21.1 Å². The second kappa shape index (κ2) is 5.66. The molecule has 0 bridgehead atoms. The van der Waals surface area contributed by atoms with Crippen LogP contribution < -0.4 is 5.73 Å². The molecular formula is C10H23NO3. The van der Waals surface area contributed by atoms with Crippen LogP contribution >= 0.6 is 0 Å². The fourth-order valence-corrected chi connectivity index (χ4v) is 1.73. The van der Waals surface area contributed by atoms with Crippen LogP contribution in [0.3, 0.4) is 0 Å². The van der Waals surface area contributed by atoms with Crippen molar-refractivity contribution in [1.29, 1.82) is 0 Å². The van der Waals surface area contributed by atoms with Crippen molar-refractivity contribution in [2.75, 3.05) is 0 Å². The number of hydrogen-bond acceptors (Lipinski definition) is 4. The Balaban J connectivity index is 4.83. The Morgan fingerprint density at radius 1 is 0.857 bits per heavy atom. The Morgan fingerprint density at radius 3 is 1.21 bits per heavy atom. The van der Waals surface area contributed by atoms with Crippen LogP contribution in [-0.4, -0.2) is 39.2 Å². The molecule has 0 aromatic heterocycles. The normalized spacial score (nSPS) is 22.5. The van der Waals surface area contributed by atoms with Crippen LogP contribution in [0.25, 0.3) is 0 Å². The first-order valence-electron chi connectivity index (χ1n) is 5.28. The average Bonchev–Trinajstić information content (AvgIpc) is 2.24. The van der Waals surface area contributed by atoms with Gasteiger partial charge in [0.1, 0.15) is 0 Å². The Bertz CT molecular complexity index is 137. The molecule has 5 N–H and O–H groups in total. The molecule has 0 saturated carbocycles. The molecule has 86 valence electrons. The predicted molar refractivity (Wildman–Crippen MR) is 55.8 cm³/mol. The summed E-state index contributed by atoms with van der Waals surface area (Å²) in [5.41, 5.74) is 4.60. The van der Waals surface area contributed by atoms with Gasteiger partial charge in [0.05, 0.1) is 23.9 Å². The van der Waals surface area contributed by atoms with Gasteiger partial charge in [0, 0.05) is 0 Å². The molecule has 3 unspecified atom stereocenters. The summed E-state index contributed by atoms with van der Waals surface area (Å²) in [7, 11) is 0. The van der Waals surface area contributed by atoms with Crippen molar-refractivity contribution in [2.45, 2.75) is 63.9 Å². The average molecular weight is 205 g/mol. The van der Waals surface area contributed by atoms with Gasteiger partial charge in [0.25, 0.3) is 0 Å². The molecule has 4 nitrogen and oxygen atoms in total. The second-order valence-electron chi connectivity index (χ2n) is 3.77. The highest BCUT2D eigenvalue weighted by molar-refractivity contribution is 5.02. The molecule has 0 aromatic rings. The lowest BCUT2D eigenvalue weighted by Gasteiger charge is -2.41. The van der Waals surface area contributed by atoms with Crippen LogP contribution in [0, 0.1) is 0 Å². The van der Waals surface area contributed by atoms with Crippen molar-refractivity contribution in [3.63, 3.8) is 0 Å². The van der Waals surface area contributed by atoms with Crippen LogP contribution in [0.15, 0.2) is 0 Å². The van der Waals surface area contributed by atoms with Crippen molar-refractivity contribution in [3.05, 3.63) is 0 Å². The van der Waals surface area contributed by atoms with E-state index in [4.69, 9.17) is 5.73 Å². The zero-order valence-electron chi connectivity index (χ0n) is 9.27. The van der Waals surface area contributed by atoms with Crippen molar-refractivity contribution in [2.24, 2.45) is 5.73 Å². The van der Waals surface area contributed by atoms with Gasteiger partial charge in [-0.1, -0.05) is 20.8 Å². The smallest absolute Gasteiger partial charge is 0.0942 e. The van der Waals surface area contributed by atoms with Gasteiger partial charge in [0.15, 0.2) is 0 Å². The lowest BCUT2D eigenvalue weighted by molar-refractivity contribution is -0.0816. The Morgan fingerprint density at radius 2 is 1.07 bits per heavy atom. The van der Waals surface area contributed by atoms with Crippen molar-refractivity contribution in [1.82, 2.24) is 0 Å². The first kappa shape index (κ1) is 13.8. The van der Waals surface area contributed by atoms with E-state index < -0.39 is 23.9 Å². The summed E-state index contributed by atoms with van der Waals surface area (Å²) in [6, 6.07) is 0. The summed E-state index contributed by atoms with van der Waals surface area (Å²) in [5.74, 6) is 0. The highest BCUT2D eigenvalue weighted by Crippen LogP contribution is 2.24. The summed E-state index contributed by atoms with van der Waals surface area (Å²) >= 11 is 0. The topological polar surface area (TPSA) is 86.7 Å². The molecular weight excluding hydrogens is 182 g/mol. The third-order valence-corrected chi connectivity index (χ3v) is 2.89. The van der Waals surface area contributed by atoms with Crippen molar-refractivity contribution in [3.8, 4) is 0 Å². The van der Waals surface area contributed by atoms with Crippen LogP contribution in [0.4, 0.5) is 0 Å². The molecule has 0 fully saturated rings. The fourth-order valence-electron chi connectivity index (χ4n) is 1.73. The number of hydrogen-bond donors (Lipinski definition) is 4. The Kier molecular flexibility index (Phi) is 5.59. The first-order valence-corrected chi connectivity index (χ1v) is 5.28. The predicted octanol–water partition coefficient (Wildman–Crippen LogP) is -0.00340. The summed E-state index contributed by atoms with van der Waals surface area (Å²) < 4.78 is 0. The minimum Gasteiger partial charge on any atom is -0.391 e. The number of nitrogens with two attached hydrogens (primary N) is 1. The molecule has 0 aromatic carbocycles. The Labute approximate surface area is 85.7 Å². The second-order valence-corrected chi connectivity index (χ2v) is 3.77. The molecule has 0 aliphatic heterocycles. The third-order valence-electron chi connectivity index (χ3n) is 2.89. The number of aliphatic hydroxyl groups is 3. The van der Waals surface area contributed by atoms with E-state index in [-0.39, 0.29) is 0 Å². The maximum absolute atomic E-state index is 9.74. The summed E-state index contributed by atoms with van der Waals surface area (Å²) in [6.07, 6.45) is -1.38. The lowest BCUT2D eigenvalue weighted by Crippen LogP contribution is -2.66. The summed E-state index contributed by atoms with van der Waals surface area (Å²) in [4.78, 5) is 0. The van der Waals surface area contributed by atoms with E-state index in [0.717, 1.165) is 0 Å². The minimum atomic E-state index is -1.31. The molecule has 0 aliphatic rings. The molecule has 3 atom stereocenters. The van der Waals surface area contributed by atoms with Gasteiger partial charge in [-0.25, -0.2) is 0 Å². The van der Waals surface area contributed by atoms with Gasteiger partial charge >= 0.3 is 0 Å². The lowest BCUT2D eigenvalue weighted by atomic mass is 9.78. The molecule has 0 aliphatic carbocycles. The van der Waals surface area contributed by atoms with Crippen LogP contribution in [0.1, 0.15) is 40.0 Å². The highest BCUT2D eigenvalue weighted by atomic mass is 16.3. The maximum Gasteiger partial charge on any atom is 0.0942 e. The Hall–Kier alpha value is -0.160. The number of rotatable bonds is 6. The van der Waals surface area contributed by atoms with Gasteiger partial charge in [-0.05, 0) is 19.3 Å². The molecule has 14 heavy (non-hydrogen) atoms. The minimum absolute atomic E-state index is 0.421. The van der Waals surface area contributed by atoms with Gasteiger partial charge in [-0.2, -0.15) is 0 Å². The largest absolute Gasteiger partial charge is 0.391 e. The summed E-state index contributed by atoms with van der Waals surface area (Å²) in [5, 5.41) is 29.2. The highest BCUT2D eigenvalue weighted by Gasteiger charge is 2.44. The molecule has 0 saturated heterocycles.